The van der Waals surface area contributed by atoms with Gasteiger partial charge < -0.3 is 5.32 Å². The number of fused-ring (bicyclic) bond motifs is 4. The van der Waals surface area contributed by atoms with Gasteiger partial charge in [0.25, 0.3) is 5.56 Å². The molecule has 2 heterocycles. The van der Waals surface area contributed by atoms with Gasteiger partial charge in [-0.15, -0.1) is 5.10 Å². The fourth-order valence-electron chi connectivity index (χ4n) is 4.79. The number of hydrogen-bond donors (Lipinski definition) is 1. The first-order chi connectivity index (χ1) is 16.9. The molecular weight excluding hydrogens is 458 g/mol. The normalized spacial score (nSPS) is 16.7. The SMILES string of the molecule is CCn1nc(SCC(=O)NCc2ccccc2)n2c(=O)c3c(nc12)-c1ccccc1CC3(C)CC. The Morgan fingerprint density at radius 2 is 1.86 bits per heavy atom. The minimum atomic E-state index is -0.321. The number of amides is 1. The van der Waals surface area contributed by atoms with Crippen LogP contribution in [0, 0.1) is 0 Å². The standard InChI is InChI=1S/C27H29N5O2S/c1-4-27(3)15-19-13-9-10-14-20(19)23-22(27)24(34)32-25(29-23)31(5-2)30-26(32)35-17-21(33)28-16-18-11-7-6-8-12-18/h6-14H,4-5,15-17H2,1-3H3,(H,28,33). The van der Waals surface area contributed by atoms with Gasteiger partial charge in [-0.1, -0.05) is 80.2 Å². The van der Waals surface area contributed by atoms with Crippen LogP contribution in [-0.2, 0) is 29.7 Å². The third kappa shape index (κ3) is 4.16. The predicted molar refractivity (Wildman–Crippen MR) is 139 cm³/mol. The van der Waals surface area contributed by atoms with Crippen molar-refractivity contribution in [1.29, 1.82) is 0 Å². The first-order valence-electron chi connectivity index (χ1n) is 12.0. The zero-order chi connectivity index (χ0) is 24.6. The molecule has 4 aromatic rings. The molecule has 0 radical (unpaired) electrons. The first kappa shape index (κ1) is 23.4. The number of thioether (sulfide) groups is 1. The van der Waals surface area contributed by atoms with E-state index in [1.54, 1.807) is 9.08 Å². The van der Waals surface area contributed by atoms with E-state index >= 15 is 0 Å². The second kappa shape index (κ2) is 9.34. The van der Waals surface area contributed by atoms with Gasteiger partial charge in [-0.25, -0.2) is 14.1 Å². The Labute approximate surface area is 208 Å². The van der Waals surface area contributed by atoms with Gasteiger partial charge in [0.1, 0.15) is 0 Å². The number of benzene rings is 2. The highest BCUT2D eigenvalue weighted by atomic mass is 32.2. The van der Waals surface area contributed by atoms with Gasteiger partial charge in [-0.05, 0) is 30.9 Å². The third-order valence-electron chi connectivity index (χ3n) is 6.90. The smallest absolute Gasteiger partial charge is 0.265 e. The highest BCUT2D eigenvalue weighted by Crippen LogP contribution is 2.42. The maximum absolute atomic E-state index is 14.0. The molecule has 7 nitrogen and oxygen atoms in total. The van der Waals surface area contributed by atoms with Crippen molar-refractivity contribution >= 4 is 23.4 Å². The van der Waals surface area contributed by atoms with Gasteiger partial charge in [0.2, 0.25) is 11.7 Å². The van der Waals surface area contributed by atoms with E-state index in [1.807, 2.05) is 55.5 Å². The minimum Gasteiger partial charge on any atom is -0.351 e. The molecule has 1 unspecified atom stereocenters. The number of rotatable bonds is 7. The van der Waals surface area contributed by atoms with Crippen LogP contribution in [0.15, 0.2) is 64.5 Å². The molecule has 1 aliphatic rings. The predicted octanol–water partition coefficient (Wildman–Crippen LogP) is 4.21. The van der Waals surface area contributed by atoms with Crippen LogP contribution in [0.2, 0.25) is 0 Å². The van der Waals surface area contributed by atoms with Gasteiger partial charge in [0, 0.05) is 24.1 Å². The molecule has 0 bridgehead atoms. The number of carbonyl (C=O) groups is 1. The van der Waals surface area contributed by atoms with Crippen LogP contribution in [0.5, 0.6) is 0 Å². The maximum Gasteiger partial charge on any atom is 0.265 e. The van der Waals surface area contributed by atoms with E-state index in [1.165, 1.54) is 17.3 Å². The molecule has 1 aliphatic carbocycles. The Morgan fingerprint density at radius 1 is 1.11 bits per heavy atom. The molecule has 5 rings (SSSR count). The van der Waals surface area contributed by atoms with E-state index in [0.29, 0.717) is 24.0 Å². The molecule has 35 heavy (non-hydrogen) atoms. The van der Waals surface area contributed by atoms with Gasteiger partial charge in [-0.3, -0.25) is 9.59 Å². The molecule has 0 fully saturated rings. The number of nitrogens with zero attached hydrogens (tertiary/aromatic N) is 4. The minimum absolute atomic E-state index is 0.0873. The lowest BCUT2D eigenvalue weighted by Crippen LogP contribution is -2.38. The van der Waals surface area contributed by atoms with E-state index in [-0.39, 0.29) is 22.6 Å². The zero-order valence-corrected chi connectivity index (χ0v) is 21.1. The summed E-state index contributed by atoms with van der Waals surface area (Å²) in [6.45, 7) is 7.28. The lowest BCUT2D eigenvalue weighted by molar-refractivity contribution is -0.118. The first-order valence-corrected chi connectivity index (χ1v) is 13.0. The molecule has 2 aromatic carbocycles. The summed E-state index contributed by atoms with van der Waals surface area (Å²) in [5.41, 5.74) is 4.36. The molecule has 1 atom stereocenters. The summed E-state index contributed by atoms with van der Waals surface area (Å²) in [5.74, 6) is 0.572. The van der Waals surface area contributed by atoms with E-state index < -0.39 is 0 Å². The Bertz CT molecular complexity index is 1460. The second-order valence-electron chi connectivity index (χ2n) is 9.17. The average molecular weight is 488 g/mol. The number of aromatic nitrogens is 4. The summed E-state index contributed by atoms with van der Waals surface area (Å²) in [6.07, 6.45) is 1.62. The van der Waals surface area contributed by atoms with E-state index in [2.05, 4.69) is 30.3 Å². The molecular formula is C27H29N5O2S. The Hall–Kier alpha value is -3.39. The lowest BCUT2D eigenvalue weighted by Gasteiger charge is -2.35. The van der Waals surface area contributed by atoms with Gasteiger partial charge >= 0.3 is 0 Å². The fourth-order valence-corrected chi connectivity index (χ4v) is 5.60. The van der Waals surface area contributed by atoms with Crippen LogP contribution in [-0.4, -0.2) is 30.8 Å². The number of carbonyl (C=O) groups excluding carboxylic acids is 1. The second-order valence-corrected chi connectivity index (χ2v) is 10.1. The topological polar surface area (TPSA) is 81.3 Å². The van der Waals surface area contributed by atoms with Crippen molar-refractivity contribution in [3.05, 3.63) is 81.6 Å². The van der Waals surface area contributed by atoms with Crippen LogP contribution >= 0.6 is 11.8 Å². The van der Waals surface area contributed by atoms with Gasteiger partial charge in [0.05, 0.1) is 17.0 Å². The highest BCUT2D eigenvalue weighted by Gasteiger charge is 2.38. The summed E-state index contributed by atoms with van der Waals surface area (Å²) in [4.78, 5) is 31.6. The van der Waals surface area contributed by atoms with E-state index in [9.17, 15) is 9.59 Å². The Kier molecular flexibility index (Phi) is 6.23. The summed E-state index contributed by atoms with van der Waals surface area (Å²) in [5, 5.41) is 8.09. The molecule has 0 saturated heterocycles. The van der Waals surface area contributed by atoms with Gasteiger partial charge in [0.15, 0.2) is 5.16 Å². The van der Waals surface area contributed by atoms with Crippen molar-refractivity contribution in [2.75, 3.05) is 5.75 Å². The van der Waals surface area contributed by atoms with Crippen molar-refractivity contribution in [3.63, 3.8) is 0 Å². The number of aryl methyl sites for hydroxylation is 1. The van der Waals surface area contributed by atoms with Crippen molar-refractivity contribution in [1.82, 2.24) is 24.5 Å². The quantitative estimate of drug-likeness (QED) is 0.395. The molecule has 180 valence electrons. The maximum atomic E-state index is 14.0. The highest BCUT2D eigenvalue weighted by molar-refractivity contribution is 7.99. The lowest BCUT2D eigenvalue weighted by atomic mass is 9.69. The molecule has 0 aliphatic heterocycles. The fraction of sp³-hybridized carbons (Fsp3) is 0.333. The summed E-state index contributed by atoms with van der Waals surface area (Å²) in [6, 6.07) is 18.0. The molecule has 1 amide bonds. The zero-order valence-electron chi connectivity index (χ0n) is 20.2. The molecule has 8 heteroatoms. The monoisotopic (exact) mass is 487 g/mol. The number of nitrogens with one attached hydrogen (secondary N) is 1. The summed E-state index contributed by atoms with van der Waals surface area (Å²) >= 11 is 1.27. The Balaban J connectivity index is 1.52. The van der Waals surface area contributed by atoms with Gasteiger partial charge in [-0.2, -0.15) is 0 Å². The molecule has 2 aromatic heterocycles. The summed E-state index contributed by atoms with van der Waals surface area (Å²) < 4.78 is 3.34. The third-order valence-corrected chi connectivity index (χ3v) is 7.82. The van der Waals surface area contributed by atoms with Crippen molar-refractivity contribution in [2.24, 2.45) is 0 Å². The molecule has 1 N–H and O–H groups in total. The summed E-state index contributed by atoms with van der Waals surface area (Å²) in [7, 11) is 0. The Morgan fingerprint density at radius 3 is 2.60 bits per heavy atom. The largest absolute Gasteiger partial charge is 0.351 e. The van der Waals surface area contributed by atoms with Crippen molar-refractivity contribution in [3.8, 4) is 11.3 Å². The molecule has 0 saturated carbocycles. The van der Waals surface area contributed by atoms with Crippen LogP contribution in [0.3, 0.4) is 0 Å². The van der Waals surface area contributed by atoms with Crippen LogP contribution in [0.4, 0.5) is 0 Å². The van der Waals surface area contributed by atoms with Crippen LogP contribution in [0.25, 0.3) is 17.0 Å². The van der Waals surface area contributed by atoms with Crippen LogP contribution < -0.4 is 10.9 Å². The molecule has 0 spiro atoms. The van der Waals surface area contributed by atoms with Crippen LogP contribution in [0.1, 0.15) is 43.9 Å². The van der Waals surface area contributed by atoms with E-state index in [0.717, 1.165) is 35.2 Å². The van der Waals surface area contributed by atoms with Crippen molar-refractivity contribution < 1.29 is 4.79 Å². The number of hydrogen-bond acceptors (Lipinski definition) is 5. The average Bonchev–Trinajstić information content (AvgIpc) is 3.25. The van der Waals surface area contributed by atoms with E-state index in [4.69, 9.17) is 4.98 Å². The van der Waals surface area contributed by atoms with Crippen molar-refractivity contribution in [2.45, 2.75) is 57.3 Å².